The highest BCUT2D eigenvalue weighted by Gasteiger charge is 2.51. The zero-order chi connectivity index (χ0) is 18.2. The Morgan fingerprint density at radius 1 is 1.32 bits per heavy atom. The lowest BCUT2D eigenvalue weighted by Crippen LogP contribution is -2.41. The molecule has 3 rings (SSSR count). The first-order chi connectivity index (χ1) is 11.8. The first-order valence-electron chi connectivity index (χ1n) is 7.92. The van der Waals surface area contributed by atoms with Gasteiger partial charge >= 0.3 is 6.03 Å². The molecule has 1 aliphatic carbocycles. The summed E-state index contributed by atoms with van der Waals surface area (Å²) in [5, 5.41) is 7.20. The lowest BCUT2D eigenvalue weighted by molar-refractivity contribution is -0.130. The van der Waals surface area contributed by atoms with E-state index in [4.69, 9.17) is 0 Å². The van der Waals surface area contributed by atoms with E-state index in [1.807, 2.05) is 6.07 Å². The fourth-order valence-corrected chi connectivity index (χ4v) is 3.15. The van der Waals surface area contributed by atoms with Gasteiger partial charge in [-0.25, -0.2) is 4.79 Å². The maximum atomic E-state index is 12.1. The highest BCUT2D eigenvalue weighted by Crippen LogP contribution is 2.39. The minimum atomic E-state index is -0.979. The summed E-state index contributed by atoms with van der Waals surface area (Å²) >= 11 is 0. The van der Waals surface area contributed by atoms with Gasteiger partial charge in [0, 0.05) is 12.5 Å². The monoisotopic (exact) mass is 339 g/mol. The predicted octanol–water partition coefficient (Wildman–Crippen LogP) is 0.318. The Morgan fingerprint density at radius 2 is 2.08 bits per heavy atom. The molecule has 1 aromatic rings. The van der Waals surface area contributed by atoms with Crippen molar-refractivity contribution in [2.24, 2.45) is 5.92 Å². The van der Waals surface area contributed by atoms with Crippen LogP contribution in [0, 0.1) is 17.8 Å². The van der Waals surface area contributed by atoms with Crippen LogP contribution in [0.25, 0.3) is 0 Å². The number of carbonyl (C=O) groups is 4. The Bertz CT molecular complexity index is 865. The van der Waals surface area contributed by atoms with Crippen molar-refractivity contribution >= 4 is 23.8 Å². The molecule has 0 aromatic heterocycles. The fraction of sp³-hybridized carbons (Fsp3) is 0.333. The van der Waals surface area contributed by atoms with Gasteiger partial charge in [-0.1, -0.05) is 17.9 Å². The molecule has 1 fully saturated rings. The molecular formula is C18H17N3O4. The Labute approximate surface area is 144 Å². The fourth-order valence-electron chi connectivity index (χ4n) is 3.15. The number of amides is 5. The van der Waals surface area contributed by atoms with E-state index in [0.29, 0.717) is 18.4 Å². The van der Waals surface area contributed by atoms with Crippen LogP contribution >= 0.6 is 0 Å². The minimum absolute atomic E-state index is 0.329. The summed E-state index contributed by atoms with van der Waals surface area (Å²) in [7, 11) is 0. The van der Waals surface area contributed by atoms with E-state index in [0.717, 1.165) is 11.1 Å². The molecule has 25 heavy (non-hydrogen) atoms. The van der Waals surface area contributed by atoms with E-state index in [1.54, 1.807) is 19.1 Å². The molecule has 2 atom stereocenters. The first-order valence-corrected chi connectivity index (χ1v) is 7.92. The molecule has 1 heterocycles. The molecular weight excluding hydrogens is 322 g/mol. The normalized spacial score (nSPS) is 21.7. The van der Waals surface area contributed by atoms with Gasteiger partial charge in [0.2, 0.25) is 11.8 Å². The Balaban J connectivity index is 1.82. The highest BCUT2D eigenvalue weighted by molar-refractivity contribution is 6.08. The second kappa shape index (κ2) is 6.06. The average Bonchev–Trinajstić information content (AvgIpc) is 3.04. The van der Waals surface area contributed by atoms with Crippen LogP contribution in [-0.4, -0.2) is 23.8 Å². The smallest absolute Gasteiger partial charge is 0.319 e. The van der Waals surface area contributed by atoms with Gasteiger partial charge in [-0.15, -0.1) is 0 Å². The van der Waals surface area contributed by atoms with E-state index < -0.39 is 29.3 Å². The summed E-state index contributed by atoms with van der Waals surface area (Å²) in [4.78, 5) is 46.2. The second-order valence-corrected chi connectivity index (χ2v) is 6.22. The molecule has 7 nitrogen and oxygen atoms in total. The van der Waals surface area contributed by atoms with Gasteiger partial charge in [-0.05, 0) is 43.0 Å². The van der Waals surface area contributed by atoms with E-state index in [2.05, 4.69) is 27.8 Å². The minimum Gasteiger partial charge on any atom is -0.319 e. The Morgan fingerprint density at radius 3 is 2.72 bits per heavy atom. The predicted molar refractivity (Wildman–Crippen MR) is 88.0 cm³/mol. The Kier molecular flexibility index (Phi) is 4.05. The number of fused-ring (bicyclic) bond motifs is 2. The molecule has 128 valence electrons. The number of aryl methyl sites for hydroxylation is 1. The van der Waals surface area contributed by atoms with E-state index in [9.17, 15) is 19.2 Å². The van der Waals surface area contributed by atoms with Gasteiger partial charge in [0.15, 0.2) is 0 Å². The molecule has 5 amide bonds. The molecule has 3 N–H and O–H groups in total. The van der Waals surface area contributed by atoms with Crippen LogP contribution in [-0.2, 0) is 26.3 Å². The summed E-state index contributed by atoms with van der Waals surface area (Å²) in [6, 6.07) is 4.93. The largest absolute Gasteiger partial charge is 0.322 e. The van der Waals surface area contributed by atoms with Crippen LogP contribution in [0.15, 0.2) is 18.2 Å². The lowest BCUT2D eigenvalue weighted by atomic mass is 9.91. The molecule has 1 saturated heterocycles. The average molecular weight is 339 g/mol. The summed E-state index contributed by atoms with van der Waals surface area (Å²) in [5.41, 5.74) is 1.46. The van der Waals surface area contributed by atoms with Gasteiger partial charge in [-0.2, -0.15) is 0 Å². The van der Waals surface area contributed by atoms with Gasteiger partial charge in [0.05, 0.1) is 5.92 Å². The molecule has 7 heteroatoms. The zero-order valence-electron chi connectivity index (χ0n) is 13.9. The van der Waals surface area contributed by atoms with Crippen LogP contribution in [0.5, 0.6) is 0 Å². The molecule has 0 radical (unpaired) electrons. The van der Waals surface area contributed by atoms with Gasteiger partial charge in [0.1, 0.15) is 5.54 Å². The molecule has 1 spiro atoms. The Hall–Kier alpha value is -3.14. The molecule has 0 bridgehead atoms. The van der Waals surface area contributed by atoms with E-state index >= 15 is 0 Å². The van der Waals surface area contributed by atoms with Gasteiger partial charge < -0.3 is 5.32 Å². The molecule has 1 aliphatic heterocycles. The molecule has 0 saturated carbocycles. The highest BCUT2D eigenvalue weighted by atomic mass is 16.2. The van der Waals surface area contributed by atoms with Crippen molar-refractivity contribution < 1.29 is 19.2 Å². The van der Waals surface area contributed by atoms with E-state index in [1.165, 1.54) is 6.92 Å². The standard InChI is InChI=1S/C18H17N3O4/c1-10(15(23)19-11(2)22)3-4-12-5-6-14-13(9-12)7-8-18(14)16(24)20-17(25)21-18/h5-6,9-10H,7-8H2,1-2H3,(H,19,22,23)(H2,20,21,24,25). The van der Waals surface area contributed by atoms with E-state index in [-0.39, 0.29) is 5.91 Å². The van der Waals surface area contributed by atoms with Crippen molar-refractivity contribution in [1.82, 2.24) is 16.0 Å². The second-order valence-electron chi connectivity index (χ2n) is 6.22. The maximum Gasteiger partial charge on any atom is 0.322 e. The molecule has 1 aromatic carbocycles. The number of hydrogen-bond acceptors (Lipinski definition) is 4. The van der Waals surface area contributed by atoms with Crippen LogP contribution in [0.4, 0.5) is 4.79 Å². The SMILES string of the molecule is CC(=O)NC(=O)C(C)C#Cc1ccc2c(c1)CCC21NC(=O)NC1=O. The number of carbonyl (C=O) groups excluding carboxylic acids is 4. The van der Waals surface area contributed by atoms with Crippen molar-refractivity contribution in [1.29, 1.82) is 0 Å². The van der Waals surface area contributed by atoms with Crippen LogP contribution in [0.3, 0.4) is 0 Å². The summed E-state index contributed by atoms with van der Waals surface area (Å²) in [5.74, 6) is 3.92. The number of nitrogens with one attached hydrogen (secondary N) is 3. The lowest BCUT2D eigenvalue weighted by Gasteiger charge is -2.20. The van der Waals surface area contributed by atoms with Crippen molar-refractivity contribution in [3.8, 4) is 11.8 Å². The number of imide groups is 2. The number of benzene rings is 1. The first kappa shape index (κ1) is 16.7. The third-order valence-electron chi connectivity index (χ3n) is 4.40. The molecule has 2 unspecified atom stereocenters. The van der Waals surface area contributed by atoms with Crippen LogP contribution in [0.1, 0.15) is 37.0 Å². The third kappa shape index (κ3) is 2.98. The van der Waals surface area contributed by atoms with Crippen molar-refractivity contribution in [2.45, 2.75) is 32.2 Å². The summed E-state index contributed by atoms with van der Waals surface area (Å²) in [6.45, 7) is 2.89. The van der Waals surface area contributed by atoms with Crippen molar-refractivity contribution in [2.75, 3.05) is 0 Å². The summed E-state index contributed by atoms with van der Waals surface area (Å²) < 4.78 is 0. The van der Waals surface area contributed by atoms with Crippen molar-refractivity contribution in [3.05, 3.63) is 34.9 Å². The zero-order valence-corrected chi connectivity index (χ0v) is 13.9. The summed E-state index contributed by atoms with van der Waals surface area (Å²) in [6.07, 6.45) is 1.16. The molecule has 2 aliphatic rings. The van der Waals surface area contributed by atoms with Crippen LogP contribution < -0.4 is 16.0 Å². The quantitative estimate of drug-likeness (QED) is 0.506. The third-order valence-corrected chi connectivity index (χ3v) is 4.40. The van der Waals surface area contributed by atoms with Gasteiger partial charge in [-0.3, -0.25) is 25.0 Å². The van der Waals surface area contributed by atoms with Gasteiger partial charge in [0.25, 0.3) is 5.91 Å². The maximum absolute atomic E-state index is 12.1. The van der Waals surface area contributed by atoms with Crippen molar-refractivity contribution in [3.63, 3.8) is 0 Å². The number of hydrogen-bond donors (Lipinski definition) is 3. The number of urea groups is 1. The topological polar surface area (TPSA) is 104 Å². The number of rotatable bonds is 1. The van der Waals surface area contributed by atoms with Crippen LogP contribution in [0.2, 0.25) is 0 Å².